The second-order valence-corrected chi connectivity index (χ2v) is 6.50. The maximum atomic E-state index is 4.43. The number of aliphatic imine (C=N–C) groups is 1. The molecule has 3 rings (SSSR count). The first-order chi connectivity index (χ1) is 11.4. The second-order valence-electron chi connectivity index (χ2n) is 5.47. The van der Waals surface area contributed by atoms with Crippen molar-refractivity contribution >= 4 is 23.1 Å². The van der Waals surface area contributed by atoms with Gasteiger partial charge in [0.1, 0.15) is 5.82 Å². The monoisotopic (exact) mass is 329 g/mol. The molecular formula is C17H23N5S. The highest BCUT2D eigenvalue weighted by molar-refractivity contribution is 7.09. The third-order valence-corrected chi connectivity index (χ3v) is 4.94. The van der Waals surface area contributed by atoms with E-state index in [-0.39, 0.29) is 0 Å². The van der Waals surface area contributed by atoms with Crippen molar-refractivity contribution < 1.29 is 0 Å². The Kier molecular flexibility index (Phi) is 5.47. The van der Waals surface area contributed by atoms with Crippen LogP contribution in [0.25, 0.3) is 0 Å². The first-order valence-corrected chi connectivity index (χ1v) is 8.89. The van der Waals surface area contributed by atoms with Crippen molar-refractivity contribution in [2.24, 2.45) is 4.99 Å². The quantitative estimate of drug-likeness (QED) is 0.689. The minimum absolute atomic E-state index is 0.924. The smallest absolute Gasteiger partial charge is 0.193 e. The van der Waals surface area contributed by atoms with Crippen LogP contribution in [0.1, 0.15) is 4.88 Å². The van der Waals surface area contributed by atoms with Crippen LogP contribution in [0.3, 0.4) is 0 Å². The maximum absolute atomic E-state index is 4.43. The van der Waals surface area contributed by atoms with E-state index in [4.69, 9.17) is 0 Å². The minimum atomic E-state index is 0.924. The lowest BCUT2D eigenvalue weighted by atomic mass is 10.3. The summed E-state index contributed by atoms with van der Waals surface area (Å²) in [6, 6.07) is 10.4. The molecule has 1 aliphatic rings. The number of aromatic nitrogens is 1. The Hall–Kier alpha value is -2.08. The zero-order valence-electron chi connectivity index (χ0n) is 13.5. The molecule has 2 aromatic rings. The normalized spacial score (nSPS) is 15.8. The van der Waals surface area contributed by atoms with E-state index in [1.54, 1.807) is 0 Å². The molecule has 1 N–H and O–H groups in total. The Morgan fingerprint density at radius 2 is 2.09 bits per heavy atom. The number of hydrogen-bond donors (Lipinski definition) is 1. The molecule has 0 unspecified atom stereocenters. The van der Waals surface area contributed by atoms with Crippen molar-refractivity contribution in [2.75, 3.05) is 44.7 Å². The van der Waals surface area contributed by atoms with E-state index in [2.05, 4.69) is 48.7 Å². The number of nitrogens with zero attached hydrogens (tertiary/aromatic N) is 4. The van der Waals surface area contributed by atoms with Gasteiger partial charge >= 0.3 is 0 Å². The van der Waals surface area contributed by atoms with Gasteiger partial charge in [0.05, 0.1) is 0 Å². The highest BCUT2D eigenvalue weighted by Gasteiger charge is 2.20. The summed E-state index contributed by atoms with van der Waals surface area (Å²) >= 11 is 1.81. The fourth-order valence-corrected chi connectivity index (χ4v) is 3.48. The summed E-state index contributed by atoms with van der Waals surface area (Å²) in [5.41, 5.74) is 0. The predicted octanol–water partition coefficient (Wildman–Crippen LogP) is 2.08. The topological polar surface area (TPSA) is 43.8 Å². The molecule has 0 spiro atoms. The number of pyridine rings is 1. The molecule has 2 aromatic heterocycles. The van der Waals surface area contributed by atoms with E-state index >= 15 is 0 Å². The Morgan fingerprint density at radius 3 is 2.74 bits per heavy atom. The third kappa shape index (κ3) is 4.22. The van der Waals surface area contributed by atoms with Crippen molar-refractivity contribution in [3.63, 3.8) is 0 Å². The van der Waals surface area contributed by atoms with Crippen LogP contribution in [-0.4, -0.2) is 55.6 Å². The van der Waals surface area contributed by atoms with Gasteiger partial charge in [-0.3, -0.25) is 4.99 Å². The average molecular weight is 329 g/mol. The number of nitrogens with one attached hydrogen (secondary N) is 1. The molecular weight excluding hydrogens is 306 g/mol. The Balaban J connectivity index is 1.47. The highest BCUT2D eigenvalue weighted by atomic mass is 32.1. The number of guanidine groups is 1. The van der Waals surface area contributed by atoms with Gasteiger partial charge in [-0.05, 0) is 30.0 Å². The summed E-state index contributed by atoms with van der Waals surface area (Å²) < 4.78 is 0. The van der Waals surface area contributed by atoms with Gasteiger partial charge in [0.25, 0.3) is 0 Å². The fourth-order valence-electron chi connectivity index (χ4n) is 2.77. The largest absolute Gasteiger partial charge is 0.356 e. The first-order valence-electron chi connectivity index (χ1n) is 8.01. The lowest BCUT2D eigenvalue weighted by Crippen LogP contribution is -2.53. The molecule has 0 bridgehead atoms. The molecule has 0 atom stereocenters. The summed E-state index contributed by atoms with van der Waals surface area (Å²) in [4.78, 5) is 14.9. The van der Waals surface area contributed by atoms with Gasteiger partial charge in [-0.2, -0.15) is 0 Å². The molecule has 1 saturated heterocycles. The van der Waals surface area contributed by atoms with E-state index in [1.165, 1.54) is 4.88 Å². The molecule has 122 valence electrons. The van der Waals surface area contributed by atoms with E-state index in [0.717, 1.165) is 50.9 Å². The maximum Gasteiger partial charge on any atom is 0.193 e. The van der Waals surface area contributed by atoms with Gasteiger partial charge in [-0.1, -0.05) is 12.1 Å². The van der Waals surface area contributed by atoms with Crippen LogP contribution in [0, 0.1) is 0 Å². The molecule has 0 amide bonds. The molecule has 3 heterocycles. The molecule has 0 saturated carbocycles. The summed E-state index contributed by atoms with van der Waals surface area (Å²) in [6.45, 7) is 4.81. The molecule has 0 aliphatic carbocycles. The van der Waals surface area contributed by atoms with Crippen molar-refractivity contribution in [1.29, 1.82) is 0 Å². The highest BCUT2D eigenvalue weighted by Crippen LogP contribution is 2.12. The summed E-state index contributed by atoms with van der Waals surface area (Å²) in [5.74, 6) is 2.06. The Bertz CT molecular complexity index is 603. The molecule has 1 aliphatic heterocycles. The van der Waals surface area contributed by atoms with Gasteiger partial charge in [0.2, 0.25) is 0 Å². The van der Waals surface area contributed by atoms with Gasteiger partial charge < -0.3 is 15.1 Å². The average Bonchev–Trinajstić information content (AvgIpc) is 3.13. The van der Waals surface area contributed by atoms with Crippen LogP contribution in [0.2, 0.25) is 0 Å². The van der Waals surface area contributed by atoms with Crippen LogP contribution in [-0.2, 0) is 6.42 Å². The van der Waals surface area contributed by atoms with Crippen molar-refractivity contribution in [1.82, 2.24) is 15.2 Å². The lowest BCUT2D eigenvalue weighted by Gasteiger charge is -2.37. The van der Waals surface area contributed by atoms with Crippen LogP contribution >= 0.6 is 11.3 Å². The number of piperazine rings is 1. The summed E-state index contributed by atoms with van der Waals surface area (Å²) in [7, 11) is 1.86. The molecule has 6 heteroatoms. The molecule has 0 radical (unpaired) electrons. The minimum Gasteiger partial charge on any atom is -0.356 e. The van der Waals surface area contributed by atoms with Crippen LogP contribution < -0.4 is 10.2 Å². The Labute approximate surface area is 141 Å². The number of rotatable bonds is 4. The SMILES string of the molecule is CN=C(NCCc1cccs1)N1CCN(c2ccccn2)CC1. The van der Waals surface area contributed by atoms with Gasteiger partial charge in [-0.25, -0.2) is 4.98 Å². The zero-order chi connectivity index (χ0) is 15.9. The second kappa shape index (κ2) is 7.97. The third-order valence-electron chi connectivity index (χ3n) is 4.00. The molecule has 23 heavy (non-hydrogen) atoms. The Morgan fingerprint density at radius 1 is 1.22 bits per heavy atom. The van der Waals surface area contributed by atoms with Crippen molar-refractivity contribution in [3.8, 4) is 0 Å². The summed E-state index contributed by atoms with van der Waals surface area (Å²) in [5, 5.41) is 5.61. The number of hydrogen-bond acceptors (Lipinski definition) is 4. The van der Waals surface area contributed by atoms with Crippen LogP contribution in [0.15, 0.2) is 46.9 Å². The van der Waals surface area contributed by atoms with Gasteiger partial charge in [0, 0.05) is 50.8 Å². The molecule has 1 fully saturated rings. The fraction of sp³-hybridized carbons (Fsp3) is 0.412. The van der Waals surface area contributed by atoms with E-state index < -0.39 is 0 Å². The standard InChI is InChI=1S/C17H23N5S/c1-18-17(20-9-7-15-5-4-14-23-15)22-12-10-21(11-13-22)16-6-2-3-8-19-16/h2-6,8,14H,7,9-13H2,1H3,(H,18,20). The van der Waals surface area contributed by atoms with E-state index in [0.29, 0.717) is 0 Å². The lowest BCUT2D eigenvalue weighted by molar-refractivity contribution is 0.372. The van der Waals surface area contributed by atoms with E-state index in [1.807, 2.05) is 36.7 Å². The molecule has 5 nitrogen and oxygen atoms in total. The van der Waals surface area contributed by atoms with Crippen molar-refractivity contribution in [2.45, 2.75) is 6.42 Å². The zero-order valence-corrected chi connectivity index (χ0v) is 14.3. The summed E-state index contributed by atoms with van der Waals surface area (Å²) in [6.07, 6.45) is 2.90. The predicted molar refractivity (Wildman–Crippen MR) is 97.4 cm³/mol. The van der Waals surface area contributed by atoms with Gasteiger partial charge in [-0.15, -0.1) is 11.3 Å². The van der Waals surface area contributed by atoms with Crippen molar-refractivity contribution in [3.05, 3.63) is 46.8 Å². The number of thiophene rings is 1. The van der Waals surface area contributed by atoms with Crippen LogP contribution in [0.4, 0.5) is 5.82 Å². The number of anilines is 1. The molecule has 0 aromatic carbocycles. The first kappa shape index (κ1) is 15.8. The van der Waals surface area contributed by atoms with Gasteiger partial charge in [0.15, 0.2) is 5.96 Å². The van der Waals surface area contributed by atoms with Crippen LogP contribution in [0.5, 0.6) is 0 Å². The van der Waals surface area contributed by atoms with E-state index in [9.17, 15) is 0 Å².